The first-order valence-corrected chi connectivity index (χ1v) is 6.83. The SMILES string of the molecule is CCC(C)NCc1cc(-c2ccccn2)nn(C)c1=O. The molecular formula is C15H20N4O. The molecule has 2 aromatic rings. The van der Waals surface area contributed by atoms with Crippen LogP contribution < -0.4 is 10.9 Å². The standard InChI is InChI=1S/C15H20N4O/c1-4-11(2)17-10-12-9-14(18-19(3)15(12)20)13-7-5-6-8-16-13/h5-9,11,17H,4,10H2,1-3H3. The Morgan fingerprint density at radius 1 is 1.35 bits per heavy atom. The fraction of sp³-hybridized carbons (Fsp3) is 0.400. The van der Waals surface area contributed by atoms with Gasteiger partial charge in [0.05, 0.1) is 5.69 Å². The maximum Gasteiger partial charge on any atom is 0.271 e. The highest BCUT2D eigenvalue weighted by atomic mass is 16.1. The molecule has 0 saturated heterocycles. The Kier molecular flexibility index (Phi) is 4.63. The van der Waals surface area contributed by atoms with Crippen molar-refractivity contribution in [2.45, 2.75) is 32.9 Å². The second-order valence-corrected chi connectivity index (χ2v) is 4.89. The highest BCUT2D eigenvalue weighted by Crippen LogP contribution is 2.12. The van der Waals surface area contributed by atoms with Crippen LogP contribution >= 0.6 is 0 Å². The van der Waals surface area contributed by atoms with Crippen LogP contribution in [-0.4, -0.2) is 20.8 Å². The monoisotopic (exact) mass is 272 g/mol. The Hall–Kier alpha value is -2.01. The van der Waals surface area contributed by atoms with Crippen LogP contribution in [0, 0.1) is 0 Å². The molecule has 20 heavy (non-hydrogen) atoms. The lowest BCUT2D eigenvalue weighted by atomic mass is 10.2. The molecule has 1 atom stereocenters. The van der Waals surface area contributed by atoms with Crippen molar-refractivity contribution in [3.8, 4) is 11.4 Å². The van der Waals surface area contributed by atoms with Crippen molar-refractivity contribution in [3.05, 3.63) is 46.4 Å². The lowest BCUT2D eigenvalue weighted by molar-refractivity contribution is 0.528. The molecule has 5 nitrogen and oxygen atoms in total. The van der Waals surface area contributed by atoms with Crippen LogP contribution in [0.4, 0.5) is 0 Å². The van der Waals surface area contributed by atoms with Crippen LogP contribution in [0.1, 0.15) is 25.8 Å². The molecule has 1 unspecified atom stereocenters. The molecule has 0 radical (unpaired) electrons. The summed E-state index contributed by atoms with van der Waals surface area (Å²) in [4.78, 5) is 16.4. The summed E-state index contributed by atoms with van der Waals surface area (Å²) < 4.78 is 1.37. The fourth-order valence-corrected chi connectivity index (χ4v) is 1.87. The van der Waals surface area contributed by atoms with Crippen molar-refractivity contribution in [1.82, 2.24) is 20.1 Å². The number of nitrogens with zero attached hydrogens (tertiary/aromatic N) is 3. The Balaban J connectivity index is 2.33. The minimum absolute atomic E-state index is 0.0690. The van der Waals surface area contributed by atoms with Gasteiger partial charge >= 0.3 is 0 Å². The van der Waals surface area contributed by atoms with Crippen LogP contribution in [0.3, 0.4) is 0 Å². The molecule has 0 fully saturated rings. The molecule has 5 heteroatoms. The van der Waals surface area contributed by atoms with Gasteiger partial charge in [-0.3, -0.25) is 9.78 Å². The van der Waals surface area contributed by atoms with Gasteiger partial charge < -0.3 is 5.32 Å². The van der Waals surface area contributed by atoms with Crippen molar-refractivity contribution in [1.29, 1.82) is 0 Å². The van der Waals surface area contributed by atoms with Crippen molar-refractivity contribution in [2.75, 3.05) is 0 Å². The largest absolute Gasteiger partial charge is 0.310 e. The molecular weight excluding hydrogens is 252 g/mol. The van der Waals surface area contributed by atoms with E-state index in [2.05, 4.69) is 29.2 Å². The molecule has 2 heterocycles. The van der Waals surface area contributed by atoms with Gasteiger partial charge in [-0.15, -0.1) is 0 Å². The van der Waals surface area contributed by atoms with Crippen molar-refractivity contribution >= 4 is 0 Å². The minimum atomic E-state index is -0.0690. The molecule has 1 N–H and O–H groups in total. The van der Waals surface area contributed by atoms with Crippen molar-refractivity contribution in [2.24, 2.45) is 7.05 Å². The van der Waals surface area contributed by atoms with E-state index in [0.29, 0.717) is 23.8 Å². The van der Waals surface area contributed by atoms with Crippen LogP contribution in [0.2, 0.25) is 0 Å². The van der Waals surface area contributed by atoms with E-state index < -0.39 is 0 Å². The number of pyridine rings is 1. The van der Waals surface area contributed by atoms with E-state index in [0.717, 1.165) is 12.1 Å². The summed E-state index contributed by atoms with van der Waals surface area (Å²) in [6.07, 6.45) is 2.75. The molecule has 0 aliphatic carbocycles. The van der Waals surface area contributed by atoms with Crippen LogP contribution in [-0.2, 0) is 13.6 Å². The van der Waals surface area contributed by atoms with E-state index in [9.17, 15) is 4.79 Å². The maximum atomic E-state index is 12.1. The molecule has 2 rings (SSSR count). The zero-order valence-corrected chi connectivity index (χ0v) is 12.1. The van der Waals surface area contributed by atoms with E-state index >= 15 is 0 Å². The first-order valence-electron chi connectivity index (χ1n) is 6.83. The molecule has 0 aliphatic rings. The van der Waals surface area contributed by atoms with Gasteiger partial charge in [0.2, 0.25) is 0 Å². The third-order valence-corrected chi connectivity index (χ3v) is 3.32. The van der Waals surface area contributed by atoms with Gasteiger partial charge in [0.25, 0.3) is 5.56 Å². The van der Waals surface area contributed by atoms with E-state index in [1.807, 2.05) is 24.3 Å². The molecule has 0 saturated carbocycles. The van der Waals surface area contributed by atoms with Gasteiger partial charge in [-0.1, -0.05) is 13.0 Å². The number of hydrogen-bond donors (Lipinski definition) is 1. The highest BCUT2D eigenvalue weighted by Gasteiger charge is 2.09. The summed E-state index contributed by atoms with van der Waals surface area (Å²) >= 11 is 0. The van der Waals surface area contributed by atoms with Crippen LogP contribution in [0.5, 0.6) is 0 Å². The molecule has 0 bridgehead atoms. The molecule has 106 valence electrons. The summed E-state index contributed by atoms with van der Waals surface area (Å²) in [5.41, 5.74) is 2.13. The average Bonchev–Trinajstić information content (AvgIpc) is 2.49. The van der Waals surface area contributed by atoms with Crippen LogP contribution in [0.25, 0.3) is 11.4 Å². The van der Waals surface area contributed by atoms with E-state index in [1.54, 1.807) is 13.2 Å². The van der Waals surface area contributed by atoms with E-state index in [1.165, 1.54) is 4.68 Å². The van der Waals surface area contributed by atoms with Gasteiger partial charge in [0.1, 0.15) is 5.69 Å². The second-order valence-electron chi connectivity index (χ2n) is 4.89. The zero-order valence-electron chi connectivity index (χ0n) is 12.1. The Bertz CT molecular complexity index is 622. The maximum absolute atomic E-state index is 12.1. The molecule has 0 aliphatic heterocycles. The van der Waals surface area contributed by atoms with Gasteiger partial charge in [-0.05, 0) is 31.5 Å². The Labute approximate surface area is 118 Å². The van der Waals surface area contributed by atoms with Crippen LogP contribution in [0.15, 0.2) is 35.3 Å². The third kappa shape index (κ3) is 3.30. The Morgan fingerprint density at radius 3 is 2.80 bits per heavy atom. The Morgan fingerprint density at radius 2 is 2.15 bits per heavy atom. The molecule has 0 spiro atoms. The normalized spacial score (nSPS) is 12.3. The van der Waals surface area contributed by atoms with Gasteiger partial charge in [-0.2, -0.15) is 5.10 Å². The van der Waals surface area contributed by atoms with Crippen molar-refractivity contribution < 1.29 is 0 Å². The van der Waals surface area contributed by atoms with E-state index in [4.69, 9.17) is 0 Å². The minimum Gasteiger partial charge on any atom is -0.310 e. The summed E-state index contributed by atoms with van der Waals surface area (Å²) in [5, 5.41) is 7.60. The quantitative estimate of drug-likeness (QED) is 0.900. The van der Waals surface area contributed by atoms with Gasteiger partial charge in [-0.25, -0.2) is 4.68 Å². The first-order chi connectivity index (χ1) is 9.61. The smallest absolute Gasteiger partial charge is 0.271 e. The summed E-state index contributed by atoms with van der Waals surface area (Å²) in [6, 6.07) is 7.85. The molecule has 0 amide bonds. The van der Waals surface area contributed by atoms with Crippen molar-refractivity contribution in [3.63, 3.8) is 0 Å². The lowest BCUT2D eigenvalue weighted by Crippen LogP contribution is -2.31. The lowest BCUT2D eigenvalue weighted by Gasteiger charge is -2.12. The highest BCUT2D eigenvalue weighted by molar-refractivity contribution is 5.53. The summed E-state index contributed by atoms with van der Waals surface area (Å²) in [6.45, 7) is 4.76. The number of hydrogen-bond acceptors (Lipinski definition) is 4. The van der Waals surface area contributed by atoms with Gasteiger partial charge in [0, 0.05) is 31.4 Å². The third-order valence-electron chi connectivity index (χ3n) is 3.32. The number of aryl methyl sites for hydroxylation is 1. The zero-order chi connectivity index (χ0) is 14.5. The fourth-order valence-electron chi connectivity index (χ4n) is 1.87. The second kappa shape index (κ2) is 6.43. The van der Waals surface area contributed by atoms with E-state index in [-0.39, 0.29) is 5.56 Å². The topological polar surface area (TPSA) is 59.8 Å². The summed E-state index contributed by atoms with van der Waals surface area (Å²) in [5.74, 6) is 0. The predicted molar refractivity (Wildman–Crippen MR) is 79.3 cm³/mol. The average molecular weight is 272 g/mol. The van der Waals surface area contributed by atoms with Gasteiger partial charge in [0.15, 0.2) is 0 Å². The number of rotatable bonds is 5. The number of nitrogens with one attached hydrogen (secondary N) is 1. The number of aromatic nitrogens is 3. The predicted octanol–water partition coefficient (Wildman–Crippen LogP) is 1.73. The first kappa shape index (κ1) is 14.4. The molecule has 0 aromatic carbocycles. The molecule has 2 aromatic heterocycles. The summed E-state index contributed by atoms with van der Waals surface area (Å²) in [7, 11) is 1.67.